The van der Waals surface area contributed by atoms with Crippen molar-refractivity contribution in [2.24, 2.45) is 5.92 Å². The molecule has 0 spiro atoms. The molecule has 0 radical (unpaired) electrons. The van der Waals surface area contributed by atoms with Gasteiger partial charge in [0.15, 0.2) is 5.78 Å². The quantitative estimate of drug-likeness (QED) is 0.574. The van der Waals surface area contributed by atoms with Crippen LogP contribution in [0, 0.1) is 11.7 Å². The van der Waals surface area contributed by atoms with E-state index in [1.807, 2.05) is 0 Å². The Morgan fingerprint density at radius 1 is 1.17 bits per heavy atom. The van der Waals surface area contributed by atoms with Crippen LogP contribution in [0.1, 0.15) is 41.6 Å². The maximum Gasteiger partial charge on any atom is 0.417 e. The van der Waals surface area contributed by atoms with Crippen LogP contribution in [0.4, 0.5) is 17.6 Å². The van der Waals surface area contributed by atoms with Crippen LogP contribution in [0.25, 0.3) is 0 Å². The van der Waals surface area contributed by atoms with Gasteiger partial charge in [0, 0.05) is 11.5 Å². The van der Waals surface area contributed by atoms with Crippen LogP contribution in [0.3, 0.4) is 0 Å². The molecule has 2 rings (SSSR count). The van der Waals surface area contributed by atoms with Crippen LogP contribution in [-0.4, -0.2) is 5.78 Å². The highest BCUT2D eigenvalue weighted by Gasteiger charge is 2.37. The zero-order valence-electron chi connectivity index (χ0n) is 9.56. The van der Waals surface area contributed by atoms with Crippen molar-refractivity contribution in [3.63, 3.8) is 0 Å². The molecule has 0 amide bonds. The van der Waals surface area contributed by atoms with Gasteiger partial charge in [-0.3, -0.25) is 4.79 Å². The van der Waals surface area contributed by atoms with Gasteiger partial charge in [-0.2, -0.15) is 13.2 Å². The molecule has 1 aliphatic rings. The summed E-state index contributed by atoms with van der Waals surface area (Å²) in [5.41, 5.74) is -1.57. The van der Waals surface area contributed by atoms with Gasteiger partial charge >= 0.3 is 6.18 Å². The van der Waals surface area contributed by atoms with Crippen molar-refractivity contribution in [3.8, 4) is 0 Å². The van der Waals surface area contributed by atoms with E-state index in [-0.39, 0.29) is 0 Å². The molecule has 0 N–H and O–H groups in total. The topological polar surface area (TPSA) is 17.1 Å². The average Bonchev–Trinajstić information content (AvgIpc) is 2.79. The van der Waals surface area contributed by atoms with Crippen LogP contribution in [-0.2, 0) is 6.18 Å². The van der Waals surface area contributed by atoms with Gasteiger partial charge < -0.3 is 0 Å². The lowest BCUT2D eigenvalue weighted by Gasteiger charge is -2.14. The lowest BCUT2D eigenvalue weighted by molar-refractivity contribution is -0.138. The second-order valence-electron chi connectivity index (χ2n) is 4.53. The van der Waals surface area contributed by atoms with Crippen molar-refractivity contribution in [1.82, 2.24) is 0 Å². The van der Waals surface area contributed by atoms with Crippen LogP contribution in [0.15, 0.2) is 18.2 Å². The number of Topliss-reactive ketones (excluding diaryl/α,β-unsaturated/α-hetero) is 1. The highest BCUT2D eigenvalue weighted by Crippen LogP contribution is 2.36. The zero-order valence-corrected chi connectivity index (χ0v) is 9.56. The summed E-state index contributed by atoms with van der Waals surface area (Å²) in [6.07, 6.45) is -1.77. The summed E-state index contributed by atoms with van der Waals surface area (Å²) in [6.45, 7) is 0. The Bertz CT molecular complexity index is 459. The molecule has 1 nitrogen and oxygen atoms in total. The van der Waals surface area contributed by atoms with E-state index in [1.54, 1.807) is 0 Å². The normalized spacial score (nSPS) is 17.1. The third-order valence-corrected chi connectivity index (χ3v) is 3.28. The van der Waals surface area contributed by atoms with E-state index in [1.165, 1.54) is 0 Å². The second kappa shape index (κ2) is 4.71. The molecule has 0 atom stereocenters. The predicted molar refractivity (Wildman–Crippen MR) is 57.7 cm³/mol. The average molecular weight is 260 g/mol. The number of hydrogen-bond acceptors (Lipinski definition) is 1. The van der Waals surface area contributed by atoms with Crippen molar-refractivity contribution >= 4 is 5.78 Å². The van der Waals surface area contributed by atoms with E-state index in [0.717, 1.165) is 18.9 Å². The number of carbonyl (C=O) groups is 1. The van der Waals surface area contributed by atoms with E-state index < -0.39 is 34.8 Å². The summed E-state index contributed by atoms with van der Waals surface area (Å²) in [7, 11) is 0. The Kier molecular flexibility index (Phi) is 3.41. The number of halogens is 4. The summed E-state index contributed by atoms with van der Waals surface area (Å²) >= 11 is 0. The number of benzene rings is 1. The molecule has 0 unspecified atom stereocenters. The second-order valence-corrected chi connectivity index (χ2v) is 4.53. The van der Waals surface area contributed by atoms with Crippen molar-refractivity contribution in [1.29, 1.82) is 0 Å². The minimum atomic E-state index is -4.63. The fourth-order valence-corrected chi connectivity index (χ4v) is 2.38. The molecular weight excluding hydrogens is 248 g/mol. The molecule has 1 saturated carbocycles. The van der Waals surface area contributed by atoms with E-state index in [9.17, 15) is 22.4 Å². The van der Waals surface area contributed by atoms with Gasteiger partial charge in [0.05, 0.1) is 5.56 Å². The zero-order chi connectivity index (χ0) is 13.3. The minimum Gasteiger partial charge on any atom is -0.294 e. The largest absolute Gasteiger partial charge is 0.417 e. The molecule has 1 fully saturated rings. The predicted octanol–water partition coefficient (Wildman–Crippen LogP) is 4.22. The molecule has 0 saturated heterocycles. The molecule has 0 bridgehead atoms. The maximum absolute atomic E-state index is 13.1. The molecular formula is C13H12F4O. The van der Waals surface area contributed by atoms with Crippen LogP contribution < -0.4 is 0 Å². The Hall–Kier alpha value is -1.39. The van der Waals surface area contributed by atoms with Gasteiger partial charge in [-0.15, -0.1) is 0 Å². The van der Waals surface area contributed by atoms with Crippen molar-refractivity contribution in [3.05, 3.63) is 35.1 Å². The van der Waals surface area contributed by atoms with E-state index >= 15 is 0 Å². The lowest BCUT2D eigenvalue weighted by Crippen LogP contribution is -2.18. The van der Waals surface area contributed by atoms with Gasteiger partial charge in [0.2, 0.25) is 0 Å². The Morgan fingerprint density at radius 2 is 1.78 bits per heavy atom. The molecule has 1 aromatic carbocycles. The summed E-state index contributed by atoms with van der Waals surface area (Å²) in [5.74, 6) is -1.79. The Balaban J connectivity index is 2.41. The number of carbonyl (C=O) groups excluding carboxylic acids is 1. The fourth-order valence-electron chi connectivity index (χ4n) is 2.38. The summed E-state index contributed by atoms with van der Waals surface area (Å²) in [4.78, 5) is 12.0. The summed E-state index contributed by atoms with van der Waals surface area (Å²) in [5, 5.41) is 0. The highest BCUT2D eigenvalue weighted by molar-refractivity contribution is 5.99. The van der Waals surface area contributed by atoms with E-state index in [2.05, 4.69) is 0 Å². The van der Waals surface area contributed by atoms with Crippen LogP contribution >= 0.6 is 0 Å². The van der Waals surface area contributed by atoms with Crippen molar-refractivity contribution < 1.29 is 22.4 Å². The third-order valence-electron chi connectivity index (χ3n) is 3.28. The molecule has 98 valence electrons. The minimum absolute atomic E-state index is 0.395. The number of ketones is 1. The summed E-state index contributed by atoms with van der Waals surface area (Å²) in [6, 6.07) is 2.06. The molecule has 1 aromatic rings. The van der Waals surface area contributed by atoms with E-state index in [4.69, 9.17) is 0 Å². The maximum atomic E-state index is 13.1. The summed E-state index contributed by atoms with van der Waals surface area (Å²) < 4.78 is 51.3. The first-order valence-electron chi connectivity index (χ1n) is 5.80. The number of alkyl halides is 3. The third kappa shape index (κ3) is 2.54. The van der Waals surface area contributed by atoms with Gasteiger partial charge in [0.25, 0.3) is 0 Å². The lowest BCUT2D eigenvalue weighted by atomic mass is 9.92. The van der Waals surface area contributed by atoms with Gasteiger partial charge in [-0.25, -0.2) is 4.39 Å². The van der Waals surface area contributed by atoms with Gasteiger partial charge in [0.1, 0.15) is 5.82 Å². The SMILES string of the molecule is O=C(c1cc(F)ccc1C(F)(F)F)C1CCCC1. The van der Waals surface area contributed by atoms with Gasteiger partial charge in [-0.1, -0.05) is 12.8 Å². The van der Waals surface area contributed by atoms with Crippen molar-refractivity contribution in [2.45, 2.75) is 31.9 Å². The molecule has 5 heteroatoms. The Morgan fingerprint density at radius 3 is 2.33 bits per heavy atom. The molecule has 0 aliphatic heterocycles. The molecule has 18 heavy (non-hydrogen) atoms. The van der Waals surface area contributed by atoms with Crippen LogP contribution in [0.5, 0.6) is 0 Å². The van der Waals surface area contributed by atoms with Crippen molar-refractivity contribution in [2.75, 3.05) is 0 Å². The first-order chi connectivity index (χ1) is 8.39. The van der Waals surface area contributed by atoms with Gasteiger partial charge in [-0.05, 0) is 31.0 Å². The standard InChI is InChI=1S/C13H12F4O/c14-9-5-6-11(13(15,16)17)10(7-9)12(18)8-3-1-2-4-8/h5-8H,1-4H2. The molecule has 1 aliphatic carbocycles. The number of rotatable bonds is 2. The first kappa shape index (κ1) is 13.1. The first-order valence-corrected chi connectivity index (χ1v) is 5.80. The smallest absolute Gasteiger partial charge is 0.294 e. The van der Waals surface area contributed by atoms with E-state index in [0.29, 0.717) is 25.0 Å². The van der Waals surface area contributed by atoms with Crippen LogP contribution in [0.2, 0.25) is 0 Å². The molecule has 0 aromatic heterocycles. The number of hydrogen-bond donors (Lipinski definition) is 0. The fraction of sp³-hybridized carbons (Fsp3) is 0.462. The Labute approximate surface area is 102 Å². The monoisotopic (exact) mass is 260 g/mol. The molecule has 0 heterocycles. The highest BCUT2D eigenvalue weighted by atomic mass is 19.4.